The summed E-state index contributed by atoms with van der Waals surface area (Å²) >= 11 is 0. The van der Waals surface area contributed by atoms with Crippen molar-refractivity contribution in [2.75, 3.05) is 34.5 Å². The molecule has 0 spiro atoms. The molecule has 0 unspecified atom stereocenters. The van der Waals surface area contributed by atoms with E-state index in [4.69, 9.17) is 29.4 Å². The van der Waals surface area contributed by atoms with E-state index in [0.717, 1.165) is 0 Å². The van der Waals surface area contributed by atoms with Crippen LogP contribution in [0.25, 0.3) is 0 Å². The first-order valence-electron chi connectivity index (χ1n) is 9.24. The third-order valence-electron chi connectivity index (χ3n) is 5.72. The molecule has 0 saturated heterocycles. The van der Waals surface area contributed by atoms with Gasteiger partial charge in [-0.3, -0.25) is 5.73 Å². The molecule has 0 bridgehead atoms. The Kier molecular flexibility index (Phi) is 5.08. The number of amidine groups is 1. The standard InChI is InChI=1S/C20H24N4O5/c1-6-28-20(29-7-2)19(11-22)16(18(19,10-21)17(23)24-20)12-8-13(25-3)15(27-5)14(9-12)26-4/h8-9,16H,6-7H2,1-5H3,(H2,23,24)/p+1/t16-,18+,19+/m0/s1. The van der Waals surface area contributed by atoms with Gasteiger partial charge in [0.05, 0.1) is 46.7 Å². The summed E-state index contributed by atoms with van der Waals surface area (Å²) in [7, 11) is 4.51. The Morgan fingerprint density at radius 3 is 1.93 bits per heavy atom. The molecule has 2 aliphatic rings. The van der Waals surface area contributed by atoms with Crippen molar-refractivity contribution < 1.29 is 28.7 Å². The summed E-state index contributed by atoms with van der Waals surface area (Å²) in [6.45, 7) is 4.08. The normalized spacial score (nSPS) is 28.5. The van der Waals surface area contributed by atoms with Gasteiger partial charge >= 0.3 is 5.91 Å². The smallest absolute Gasteiger partial charge is 0.343 e. The molecule has 1 aliphatic heterocycles. The molecule has 29 heavy (non-hydrogen) atoms. The lowest BCUT2D eigenvalue weighted by Gasteiger charge is -2.29. The molecule has 1 heterocycles. The number of hydrogen-bond donors (Lipinski definition) is 2. The first kappa shape index (κ1) is 20.7. The van der Waals surface area contributed by atoms with E-state index in [1.807, 2.05) is 0 Å². The summed E-state index contributed by atoms with van der Waals surface area (Å²) in [5.74, 6) is -0.787. The SMILES string of the molecule is CCOC1(OCC)[NH+]=C(N)[C@@]2(C#N)[C@H](c3cc(OC)c(OC)c(OC)c3)[C@@]12C#N. The molecule has 9 nitrogen and oxygen atoms in total. The first-order valence-corrected chi connectivity index (χ1v) is 9.24. The van der Waals surface area contributed by atoms with E-state index in [9.17, 15) is 10.5 Å². The van der Waals surface area contributed by atoms with Crippen molar-refractivity contribution in [3.63, 3.8) is 0 Å². The fourth-order valence-corrected chi connectivity index (χ4v) is 4.62. The van der Waals surface area contributed by atoms with Crippen LogP contribution in [-0.2, 0) is 9.47 Å². The molecule has 1 fully saturated rings. The minimum atomic E-state index is -1.55. The number of methoxy groups -OCH3 is 3. The van der Waals surface area contributed by atoms with Crippen molar-refractivity contribution in [3.8, 4) is 29.4 Å². The third kappa shape index (κ3) is 2.29. The average Bonchev–Trinajstić information content (AvgIpc) is 3.31. The Bertz CT molecular complexity index is 903. The summed E-state index contributed by atoms with van der Waals surface area (Å²) in [5.41, 5.74) is 4.18. The molecule has 0 aromatic heterocycles. The number of benzene rings is 1. The van der Waals surface area contributed by atoms with E-state index in [-0.39, 0.29) is 19.0 Å². The van der Waals surface area contributed by atoms with Gasteiger partial charge in [-0.2, -0.15) is 10.5 Å². The minimum Gasteiger partial charge on any atom is -0.493 e. The molecule has 1 aromatic rings. The largest absolute Gasteiger partial charge is 0.493 e. The van der Waals surface area contributed by atoms with Gasteiger partial charge in [0.15, 0.2) is 22.3 Å². The van der Waals surface area contributed by atoms with E-state index in [2.05, 4.69) is 17.1 Å². The minimum absolute atomic E-state index is 0.141. The van der Waals surface area contributed by atoms with Crippen molar-refractivity contribution in [2.24, 2.45) is 16.6 Å². The monoisotopic (exact) mass is 401 g/mol. The van der Waals surface area contributed by atoms with Crippen LogP contribution in [0.2, 0.25) is 0 Å². The number of fused-ring (bicyclic) bond motifs is 1. The Morgan fingerprint density at radius 2 is 1.55 bits per heavy atom. The molecule has 0 amide bonds. The molecular formula is C20H25N4O5+. The highest BCUT2D eigenvalue weighted by atomic mass is 16.7. The summed E-state index contributed by atoms with van der Waals surface area (Å²) < 4.78 is 28.0. The second-order valence-electron chi connectivity index (χ2n) is 6.75. The number of rotatable bonds is 8. The highest BCUT2D eigenvalue weighted by Crippen LogP contribution is 2.79. The Hall–Kier alpha value is -3.01. The highest BCUT2D eigenvalue weighted by molar-refractivity contribution is 5.95. The second-order valence-corrected chi connectivity index (χ2v) is 6.75. The average molecular weight is 401 g/mol. The van der Waals surface area contributed by atoms with Crippen molar-refractivity contribution in [1.82, 2.24) is 0 Å². The van der Waals surface area contributed by atoms with Crippen LogP contribution in [0.5, 0.6) is 17.2 Å². The van der Waals surface area contributed by atoms with Crippen molar-refractivity contribution in [2.45, 2.75) is 25.7 Å². The van der Waals surface area contributed by atoms with Gasteiger partial charge in [-0.1, -0.05) is 0 Å². The van der Waals surface area contributed by atoms with Gasteiger partial charge in [-0.15, -0.1) is 0 Å². The second kappa shape index (κ2) is 7.11. The quantitative estimate of drug-likeness (QED) is 0.582. The lowest BCUT2D eigenvalue weighted by Crippen LogP contribution is -2.91. The summed E-state index contributed by atoms with van der Waals surface area (Å²) in [6.07, 6.45) is 0. The van der Waals surface area contributed by atoms with Gasteiger partial charge in [-0.25, -0.2) is 4.99 Å². The Morgan fingerprint density at radius 1 is 1.00 bits per heavy atom. The van der Waals surface area contributed by atoms with E-state index in [1.165, 1.54) is 21.3 Å². The van der Waals surface area contributed by atoms with E-state index < -0.39 is 22.7 Å². The Balaban J connectivity index is 2.26. The number of nitrogens with one attached hydrogen (secondary N) is 1. The fraction of sp³-hybridized carbons (Fsp3) is 0.550. The number of ether oxygens (including phenoxy) is 5. The van der Waals surface area contributed by atoms with E-state index >= 15 is 0 Å². The number of nitrogens with zero attached hydrogens (tertiary/aromatic N) is 2. The van der Waals surface area contributed by atoms with Crippen LogP contribution < -0.4 is 24.9 Å². The Labute approximate surface area is 169 Å². The van der Waals surface area contributed by atoms with E-state index in [1.54, 1.807) is 26.0 Å². The molecule has 1 aromatic carbocycles. The summed E-state index contributed by atoms with van der Waals surface area (Å²) in [4.78, 5) is 2.95. The maximum Gasteiger partial charge on any atom is 0.343 e. The molecule has 3 atom stereocenters. The van der Waals surface area contributed by atoms with Crippen molar-refractivity contribution in [1.29, 1.82) is 10.5 Å². The molecule has 154 valence electrons. The molecule has 3 rings (SSSR count). The molecule has 0 radical (unpaired) electrons. The van der Waals surface area contributed by atoms with Gasteiger partial charge in [0.25, 0.3) is 5.84 Å². The predicted octanol–water partition coefficient (Wildman–Crippen LogP) is 0.00776. The van der Waals surface area contributed by atoms with Crippen molar-refractivity contribution in [3.05, 3.63) is 17.7 Å². The molecule has 1 saturated carbocycles. The van der Waals surface area contributed by atoms with Crippen LogP contribution >= 0.6 is 0 Å². The van der Waals surface area contributed by atoms with Gasteiger partial charge < -0.3 is 23.7 Å². The van der Waals surface area contributed by atoms with Gasteiger partial charge in [0.2, 0.25) is 5.75 Å². The maximum atomic E-state index is 10.3. The number of nitriles is 2. The zero-order valence-electron chi connectivity index (χ0n) is 17.2. The topological polar surface area (TPSA) is 134 Å². The van der Waals surface area contributed by atoms with Crippen LogP contribution in [0.15, 0.2) is 12.1 Å². The summed E-state index contributed by atoms with van der Waals surface area (Å²) in [6, 6.07) is 8.00. The van der Waals surface area contributed by atoms with Gasteiger partial charge in [0, 0.05) is 5.92 Å². The van der Waals surface area contributed by atoms with Gasteiger partial charge in [0.1, 0.15) is 0 Å². The molecule has 3 N–H and O–H groups in total. The molecule has 9 heteroatoms. The van der Waals surface area contributed by atoms with Gasteiger partial charge in [-0.05, 0) is 31.5 Å². The third-order valence-corrected chi connectivity index (χ3v) is 5.72. The van der Waals surface area contributed by atoms with Crippen LogP contribution in [0.3, 0.4) is 0 Å². The highest BCUT2D eigenvalue weighted by Gasteiger charge is 2.97. The summed E-state index contributed by atoms with van der Waals surface area (Å²) in [5, 5.41) is 20.4. The number of hydrogen-bond acceptors (Lipinski definition) is 8. The maximum absolute atomic E-state index is 10.3. The first-order chi connectivity index (χ1) is 13.9. The fourth-order valence-electron chi connectivity index (χ4n) is 4.62. The predicted molar refractivity (Wildman–Crippen MR) is 101 cm³/mol. The van der Waals surface area contributed by atoms with E-state index in [0.29, 0.717) is 22.8 Å². The number of nitrogens with two attached hydrogens (primary N) is 1. The lowest BCUT2D eigenvalue weighted by molar-refractivity contribution is -0.693. The van der Waals surface area contributed by atoms with Crippen LogP contribution in [0.1, 0.15) is 25.3 Å². The molecular weight excluding hydrogens is 376 g/mol. The molecule has 1 aliphatic carbocycles. The zero-order chi connectivity index (χ0) is 21.4. The lowest BCUT2D eigenvalue weighted by atomic mass is 9.93. The van der Waals surface area contributed by atoms with Crippen LogP contribution in [-0.4, -0.2) is 46.3 Å². The van der Waals surface area contributed by atoms with Crippen LogP contribution in [0.4, 0.5) is 0 Å². The zero-order valence-corrected chi connectivity index (χ0v) is 17.2. The van der Waals surface area contributed by atoms with Crippen LogP contribution in [0, 0.1) is 33.5 Å². The van der Waals surface area contributed by atoms with Crippen molar-refractivity contribution >= 4 is 5.84 Å².